The second kappa shape index (κ2) is 4.29. The molecule has 0 saturated heterocycles. The summed E-state index contributed by atoms with van der Waals surface area (Å²) in [6.07, 6.45) is 2.63. The molecule has 4 N–H and O–H groups in total. The zero-order chi connectivity index (χ0) is 10.7. The molecule has 2 heteroatoms. The third-order valence-corrected chi connectivity index (χ3v) is 2.46. The summed E-state index contributed by atoms with van der Waals surface area (Å²) in [5.74, 6) is 0. The summed E-state index contributed by atoms with van der Waals surface area (Å²) in [5, 5.41) is 0. The summed E-state index contributed by atoms with van der Waals surface area (Å²) in [6, 6.07) is 4.14. The highest BCUT2D eigenvalue weighted by molar-refractivity contribution is 5.54. The van der Waals surface area contributed by atoms with Crippen molar-refractivity contribution < 1.29 is 0 Å². The SMILES string of the molecule is C=CC[C@H](N)c1cc(C)c(N)c(C)c1. The van der Waals surface area contributed by atoms with E-state index in [1.165, 1.54) is 0 Å². The van der Waals surface area contributed by atoms with Crippen molar-refractivity contribution in [2.75, 3.05) is 5.73 Å². The van der Waals surface area contributed by atoms with Crippen LogP contribution in [0.15, 0.2) is 24.8 Å². The van der Waals surface area contributed by atoms with Gasteiger partial charge >= 0.3 is 0 Å². The first kappa shape index (κ1) is 10.8. The summed E-state index contributed by atoms with van der Waals surface area (Å²) in [5.41, 5.74) is 16.0. The number of nitrogen functional groups attached to an aromatic ring is 1. The van der Waals surface area contributed by atoms with E-state index in [1.54, 1.807) is 0 Å². The van der Waals surface area contributed by atoms with Crippen LogP contribution in [0.2, 0.25) is 0 Å². The highest BCUT2D eigenvalue weighted by atomic mass is 14.6. The van der Waals surface area contributed by atoms with Gasteiger partial charge < -0.3 is 11.5 Å². The summed E-state index contributed by atoms with van der Waals surface area (Å²) < 4.78 is 0. The first-order valence-corrected chi connectivity index (χ1v) is 4.79. The van der Waals surface area contributed by atoms with E-state index in [0.29, 0.717) is 0 Å². The third-order valence-electron chi connectivity index (χ3n) is 2.46. The van der Waals surface area contributed by atoms with Crippen LogP contribution in [0.4, 0.5) is 5.69 Å². The second-order valence-corrected chi connectivity index (χ2v) is 3.70. The van der Waals surface area contributed by atoms with Crippen LogP contribution in [0.5, 0.6) is 0 Å². The molecule has 0 amide bonds. The lowest BCUT2D eigenvalue weighted by Crippen LogP contribution is -2.10. The van der Waals surface area contributed by atoms with E-state index < -0.39 is 0 Å². The highest BCUT2D eigenvalue weighted by Gasteiger charge is 2.07. The van der Waals surface area contributed by atoms with E-state index in [4.69, 9.17) is 11.5 Å². The normalized spacial score (nSPS) is 12.5. The first-order chi connectivity index (χ1) is 6.56. The second-order valence-electron chi connectivity index (χ2n) is 3.70. The fourth-order valence-electron chi connectivity index (χ4n) is 1.54. The molecule has 0 aliphatic heterocycles. The minimum absolute atomic E-state index is 0.0329. The average Bonchev–Trinajstić information content (AvgIpc) is 2.13. The summed E-state index contributed by atoms with van der Waals surface area (Å²) in [7, 11) is 0. The quantitative estimate of drug-likeness (QED) is 0.568. The van der Waals surface area contributed by atoms with Gasteiger partial charge in [0.1, 0.15) is 0 Å². The van der Waals surface area contributed by atoms with Crippen LogP contribution in [0.25, 0.3) is 0 Å². The summed E-state index contributed by atoms with van der Waals surface area (Å²) in [4.78, 5) is 0. The van der Waals surface area contributed by atoms with Crippen LogP contribution < -0.4 is 11.5 Å². The van der Waals surface area contributed by atoms with Gasteiger partial charge in [-0.3, -0.25) is 0 Å². The Kier molecular flexibility index (Phi) is 3.31. The summed E-state index contributed by atoms with van der Waals surface area (Å²) in [6.45, 7) is 7.70. The standard InChI is InChI=1S/C12H18N2/c1-4-5-11(13)10-6-8(2)12(14)9(3)7-10/h4,6-7,11H,1,5,13-14H2,2-3H3/t11-/m0/s1. The number of hydrogen-bond donors (Lipinski definition) is 2. The molecule has 14 heavy (non-hydrogen) atoms. The monoisotopic (exact) mass is 190 g/mol. The molecule has 0 aromatic heterocycles. The zero-order valence-electron chi connectivity index (χ0n) is 8.88. The first-order valence-electron chi connectivity index (χ1n) is 4.79. The van der Waals surface area contributed by atoms with Gasteiger partial charge in [-0.2, -0.15) is 0 Å². The smallest absolute Gasteiger partial charge is 0.0373 e. The minimum atomic E-state index is 0.0329. The van der Waals surface area contributed by atoms with E-state index in [-0.39, 0.29) is 6.04 Å². The molecule has 2 nitrogen and oxygen atoms in total. The molecule has 0 heterocycles. The van der Waals surface area contributed by atoms with Crippen molar-refractivity contribution in [2.45, 2.75) is 26.3 Å². The molecule has 0 fully saturated rings. The Labute approximate surface area is 85.6 Å². The van der Waals surface area contributed by atoms with Gasteiger partial charge in [0.25, 0.3) is 0 Å². The van der Waals surface area contributed by atoms with Gasteiger partial charge in [-0.05, 0) is 37.0 Å². The maximum atomic E-state index is 5.98. The predicted molar refractivity (Wildman–Crippen MR) is 62.1 cm³/mol. The molecule has 0 unspecified atom stereocenters. The van der Waals surface area contributed by atoms with Crippen molar-refractivity contribution >= 4 is 5.69 Å². The zero-order valence-corrected chi connectivity index (χ0v) is 8.88. The third kappa shape index (κ3) is 2.15. The van der Waals surface area contributed by atoms with Crippen molar-refractivity contribution in [3.05, 3.63) is 41.5 Å². The number of aryl methyl sites for hydroxylation is 2. The van der Waals surface area contributed by atoms with Crippen molar-refractivity contribution in [3.8, 4) is 0 Å². The number of nitrogens with two attached hydrogens (primary N) is 2. The molecule has 76 valence electrons. The lowest BCUT2D eigenvalue weighted by atomic mass is 9.98. The van der Waals surface area contributed by atoms with E-state index in [2.05, 4.69) is 18.7 Å². The topological polar surface area (TPSA) is 52.0 Å². The lowest BCUT2D eigenvalue weighted by molar-refractivity contribution is 0.740. The van der Waals surface area contributed by atoms with Crippen LogP contribution in [0.3, 0.4) is 0 Å². The van der Waals surface area contributed by atoms with Gasteiger partial charge in [0.05, 0.1) is 0 Å². The average molecular weight is 190 g/mol. The van der Waals surface area contributed by atoms with E-state index in [0.717, 1.165) is 28.8 Å². The largest absolute Gasteiger partial charge is 0.398 e. The van der Waals surface area contributed by atoms with Gasteiger partial charge in [-0.15, -0.1) is 6.58 Å². The fourth-order valence-corrected chi connectivity index (χ4v) is 1.54. The van der Waals surface area contributed by atoms with E-state index >= 15 is 0 Å². The van der Waals surface area contributed by atoms with Crippen molar-refractivity contribution in [1.29, 1.82) is 0 Å². The maximum Gasteiger partial charge on any atom is 0.0373 e. The van der Waals surface area contributed by atoms with Crippen molar-refractivity contribution in [1.82, 2.24) is 0 Å². The molecule has 1 atom stereocenters. The Bertz CT molecular complexity index is 319. The van der Waals surface area contributed by atoms with Gasteiger partial charge in [0, 0.05) is 11.7 Å². The number of benzene rings is 1. The molecule has 1 aromatic carbocycles. The van der Waals surface area contributed by atoms with Crippen molar-refractivity contribution in [3.63, 3.8) is 0 Å². The Morgan fingerprint density at radius 2 is 1.86 bits per heavy atom. The highest BCUT2D eigenvalue weighted by Crippen LogP contribution is 2.23. The molecule has 0 spiro atoms. The number of hydrogen-bond acceptors (Lipinski definition) is 2. The van der Waals surface area contributed by atoms with Gasteiger partial charge in [0.15, 0.2) is 0 Å². The fraction of sp³-hybridized carbons (Fsp3) is 0.333. The molecule has 0 aliphatic carbocycles. The van der Waals surface area contributed by atoms with Crippen LogP contribution in [0, 0.1) is 13.8 Å². The van der Waals surface area contributed by atoms with Crippen LogP contribution >= 0.6 is 0 Å². The Morgan fingerprint density at radius 3 is 2.29 bits per heavy atom. The molecule has 0 aliphatic rings. The van der Waals surface area contributed by atoms with Crippen LogP contribution in [-0.2, 0) is 0 Å². The Hall–Kier alpha value is -1.28. The summed E-state index contributed by atoms with van der Waals surface area (Å²) >= 11 is 0. The maximum absolute atomic E-state index is 5.98. The molecular weight excluding hydrogens is 172 g/mol. The van der Waals surface area contributed by atoms with Crippen LogP contribution in [0.1, 0.15) is 29.2 Å². The van der Waals surface area contributed by atoms with E-state index in [1.807, 2.05) is 19.9 Å². The van der Waals surface area contributed by atoms with E-state index in [9.17, 15) is 0 Å². The lowest BCUT2D eigenvalue weighted by Gasteiger charge is -2.13. The molecule has 0 bridgehead atoms. The number of anilines is 1. The van der Waals surface area contributed by atoms with Gasteiger partial charge in [-0.1, -0.05) is 18.2 Å². The molecule has 0 saturated carbocycles. The molecule has 1 rings (SSSR count). The molecular formula is C12H18N2. The Balaban J connectivity index is 3.05. The Morgan fingerprint density at radius 1 is 1.36 bits per heavy atom. The molecule has 0 radical (unpaired) electrons. The number of rotatable bonds is 3. The van der Waals surface area contributed by atoms with Crippen molar-refractivity contribution in [2.24, 2.45) is 5.73 Å². The molecule has 1 aromatic rings. The van der Waals surface area contributed by atoms with Gasteiger partial charge in [0.2, 0.25) is 0 Å². The van der Waals surface area contributed by atoms with Crippen LogP contribution in [-0.4, -0.2) is 0 Å². The minimum Gasteiger partial charge on any atom is -0.398 e. The predicted octanol–water partition coefficient (Wildman–Crippen LogP) is 2.46. The van der Waals surface area contributed by atoms with Gasteiger partial charge in [-0.25, -0.2) is 0 Å².